The van der Waals surface area contributed by atoms with Crippen molar-refractivity contribution in [1.82, 2.24) is 14.9 Å². The summed E-state index contributed by atoms with van der Waals surface area (Å²) in [6, 6.07) is 6.89. The van der Waals surface area contributed by atoms with Gasteiger partial charge in [-0.15, -0.1) is 0 Å². The zero-order valence-corrected chi connectivity index (χ0v) is 11.0. The quantitative estimate of drug-likeness (QED) is 0.876. The van der Waals surface area contributed by atoms with Crippen molar-refractivity contribution in [3.63, 3.8) is 0 Å². The van der Waals surface area contributed by atoms with E-state index in [0.29, 0.717) is 6.04 Å². The van der Waals surface area contributed by atoms with E-state index in [1.807, 2.05) is 12.5 Å². The second kappa shape index (κ2) is 4.58. The number of imidazole rings is 1. The smallest absolute Gasteiger partial charge is 0.0994 e. The minimum Gasteiger partial charge on any atom is -0.309 e. The molecule has 1 N–H and O–H groups in total. The predicted octanol–water partition coefficient (Wildman–Crippen LogP) is 2.91. The Bertz CT molecular complexity index is 551. The van der Waals surface area contributed by atoms with Crippen LogP contribution in [0.4, 0.5) is 0 Å². The van der Waals surface area contributed by atoms with E-state index in [1.54, 1.807) is 0 Å². The number of benzene rings is 1. The maximum absolute atomic E-state index is 4.34. The Kier molecular flexibility index (Phi) is 2.92. The Morgan fingerprint density at radius 2 is 2.22 bits per heavy atom. The fourth-order valence-electron chi connectivity index (χ4n) is 2.70. The largest absolute Gasteiger partial charge is 0.309 e. The van der Waals surface area contributed by atoms with E-state index >= 15 is 0 Å². The summed E-state index contributed by atoms with van der Waals surface area (Å²) in [6.07, 6.45) is 6.38. The van der Waals surface area contributed by atoms with Crippen molar-refractivity contribution in [1.29, 1.82) is 0 Å². The molecule has 1 fully saturated rings. The van der Waals surface area contributed by atoms with Crippen molar-refractivity contribution in [2.45, 2.75) is 32.7 Å². The molecule has 0 aliphatic carbocycles. The molecule has 1 atom stereocenters. The van der Waals surface area contributed by atoms with E-state index in [-0.39, 0.29) is 0 Å². The van der Waals surface area contributed by atoms with E-state index in [9.17, 15) is 0 Å². The Hall–Kier alpha value is -1.61. The van der Waals surface area contributed by atoms with Gasteiger partial charge in [-0.05, 0) is 50.4 Å². The van der Waals surface area contributed by atoms with Gasteiger partial charge in [0.25, 0.3) is 0 Å². The lowest BCUT2D eigenvalue weighted by molar-refractivity contribution is 0.614. The zero-order valence-electron chi connectivity index (χ0n) is 11.0. The lowest BCUT2D eigenvalue weighted by Gasteiger charge is -2.16. The summed E-state index contributed by atoms with van der Waals surface area (Å²) >= 11 is 0. The minimum atomic E-state index is 0.451. The Labute approximate surface area is 108 Å². The van der Waals surface area contributed by atoms with E-state index < -0.39 is 0 Å². The molecule has 1 aromatic heterocycles. The Morgan fingerprint density at radius 3 is 3.00 bits per heavy atom. The van der Waals surface area contributed by atoms with E-state index in [1.165, 1.54) is 35.3 Å². The summed E-state index contributed by atoms with van der Waals surface area (Å²) in [5.74, 6) is 0. The molecular formula is C15H19N3. The van der Waals surface area contributed by atoms with Gasteiger partial charge < -0.3 is 9.88 Å². The third kappa shape index (κ3) is 1.85. The van der Waals surface area contributed by atoms with Crippen LogP contribution in [-0.2, 0) is 0 Å². The first kappa shape index (κ1) is 11.5. The van der Waals surface area contributed by atoms with Crippen LogP contribution in [-0.4, -0.2) is 16.1 Å². The predicted molar refractivity (Wildman–Crippen MR) is 73.0 cm³/mol. The third-order valence-electron chi connectivity index (χ3n) is 3.92. The highest BCUT2D eigenvalue weighted by molar-refractivity contribution is 5.46. The molecule has 0 spiro atoms. The molecule has 0 saturated carbocycles. The lowest BCUT2D eigenvalue weighted by atomic mass is 10.1. The summed E-state index contributed by atoms with van der Waals surface area (Å²) < 4.78 is 2.23. The summed E-state index contributed by atoms with van der Waals surface area (Å²) in [4.78, 5) is 4.34. The number of aromatic nitrogens is 2. The molecule has 0 amide bonds. The van der Waals surface area contributed by atoms with Crippen LogP contribution in [0.2, 0.25) is 0 Å². The number of aryl methyl sites for hydroxylation is 1. The average Bonchev–Trinajstić information content (AvgIpc) is 3.01. The van der Waals surface area contributed by atoms with Crippen molar-refractivity contribution in [2.24, 2.45) is 0 Å². The van der Waals surface area contributed by atoms with Crippen LogP contribution in [0.25, 0.3) is 5.69 Å². The van der Waals surface area contributed by atoms with Gasteiger partial charge in [0.15, 0.2) is 0 Å². The number of hydrogen-bond donors (Lipinski definition) is 1. The normalized spacial score (nSPS) is 19.3. The number of nitrogens with one attached hydrogen (secondary N) is 1. The Morgan fingerprint density at radius 1 is 1.33 bits per heavy atom. The highest BCUT2D eigenvalue weighted by Gasteiger charge is 2.20. The van der Waals surface area contributed by atoms with E-state index in [0.717, 1.165) is 6.54 Å². The highest BCUT2D eigenvalue weighted by atomic mass is 15.1. The number of hydrogen-bond acceptors (Lipinski definition) is 2. The summed E-state index contributed by atoms with van der Waals surface area (Å²) in [7, 11) is 0. The first-order chi connectivity index (χ1) is 8.77. The topological polar surface area (TPSA) is 29.9 Å². The van der Waals surface area contributed by atoms with Crippen molar-refractivity contribution in [3.05, 3.63) is 47.5 Å². The maximum Gasteiger partial charge on any atom is 0.0994 e. The monoisotopic (exact) mass is 241 g/mol. The second-order valence-electron chi connectivity index (χ2n) is 5.06. The molecule has 0 bridgehead atoms. The summed E-state index contributed by atoms with van der Waals surface area (Å²) in [5.41, 5.74) is 5.18. The molecule has 1 unspecified atom stereocenters. The second-order valence-corrected chi connectivity index (χ2v) is 5.06. The molecule has 1 aliphatic rings. The Balaban J connectivity index is 2.06. The third-order valence-corrected chi connectivity index (χ3v) is 3.92. The maximum atomic E-state index is 4.34. The van der Waals surface area contributed by atoms with Crippen LogP contribution in [0, 0.1) is 13.8 Å². The van der Waals surface area contributed by atoms with Crippen LogP contribution in [0.1, 0.15) is 35.7 Å². The number of rotatable bonds is 2. The van der Waals surface area contributed by atoms with E-state index in [2.05, 4.69) is 46.9 Å². The first-order valence-corrected chi connectivity index (χ1v) is 6.59. The SMILES string of the molecule is Cc1cccc(-n2cncc2C2CCCN2)c1C. The molecule has 1 aliphatic heterocycles. The number of nitrogens with zero attached hydrogens (tertiary/aromatic N) is 2. The van der Waals surface area contributed by atoms with Gasteiger partial charge in [-0.1, -0.05) is 12.1 Å². The molecule has 3 rings (SSSR count). The van der Waals surface area contributed by atoms with Crippen LogP contribution in [0.15, 0.2) is 30.7 Å². The van der Waals surface area contributed by atoms with Gasteiger partial charge in [0.05, 0.1) is 18.2 Å². The van der Waals surface area contributed by atoms with Crippen LogP contribution < -0.4 is 5.32 Å². The van der Waals surface area contributed by atoms with Crippen LogP contribution in [0.3, 0.4) is 0 Å². The molecular weight excluding hydrogens is 222 g/mol. The highest BCUT2D eigenvalue weighted by Crippen LogP contribution is 2.26. The average molecular weight is 241 g/mol. The summed E-state index contributed by atoms with van der Waals surface area (Å²) in [6.45, 7) is 5.45. The molecule has 1 aromatic carbocycles. The molecule has 2 heterocycles. The van der Waals surface area contributed by atoms with Gasteiger partial charge in [0.2, 0.25) is 0 Å². The van der Waals surface area contributed by atoms with Crippen molar-refractivity contribution >= 4 is 0 Å². The standard InChI is InChI=1S/C15H19N3/c1-11-5-3-7-14(12(11)2)18-10-16-9-15(18)13-6-4-8-17-13/h3,5,7,9-10,13,17H,4,6,8H2,1-2H3. The molecule has 94 valence electrons. The van der Waals surface area contributed by atoms with Crippen LogP contribution in [0.5, 0.6) is 0 Å². The van der Waals surface area contributed by atoms with Crippen molar-refractivity contribution < 1.29 is 0 Å². The van der Waals surface area contributed by atoms with Gasteiger partial charge in [0.1, 0.15) is 0 Å². The first-order valence-electron chi connectivity index (χ1n) is 6.59. The molecule has 2 aromatic rings. The molecule has 0 radical (unpaired) electrons. The van der Waals surface area contributed by atoms with Gasteiger partial charge >= 0.3 is 0 Å². The molecule has 1 saturated heterocycles. The fraction of sp³-hybridized carbons (Fsp3) is 0.400. The minimum absolute atomic E-state index is 0.451. The molecule has 3 heteroatoms. The van der Waals surface area contributed by atoms with Gasteiger partial charge in [-0.2, -0.15) is 0 Å². The van der Waals surface area contributed by atoms with Crippen LogP contribution >= 0.6 is 0 Å². The van der Waals surface area contributed by atoms with E-state index in [4.69, 9.17) is 0 Å². The van der Waals surface area contributed by atoms with Gasteiger partial charge in [-0.3, -0.25) is 0 Å². The van der Waals surface area contributed by atoms with Crippen molar-refractivity contribution in [2.75, 3.05) is 6.54 Å². The molecule has 3 nitrogen and oxygen atoms in total. The molecule has 18 heavy (non-hydrogen) atoms. The van der Waals surface area contributed by atoms with Gasteiger partial charge in [0, 0.05) is 11.7 Å². The lowest BCUT2D eigenvalue weighted by Crippen LogP contribution is -2.16. The summed E-state index contributed by atoms with van der Waals surface area (Å²) in [5, 5.41) is 3.54. The zero-order chi connectivity index (χ0) is 12.5. The fourth-order valence-corrected chi connectivity index (χ4v) is 2.70. The van der Waals surface area contributed by atoms with Gasteiger partial charge in [-0.25, -0.2) is 4.98 Å². The van der Waals surface area contributed by atoms with Crippen molar-refractivity contribution in [3.8, 4) is 5.69 Å².